The zero-order valence-corrected chi connectivity index (χ0v) is 11.3. The lowest BCUT2D eigenvalue weighted by molar-refractivity contribution is 0.368. The van der Waals surface area contributed by atoms with E-state index in [0.29, 0.717) is 6.04 Å². The van der Waals surface area contributed by atoms with Crippen molar-refractivity contribution in [2.45, 2.75) is 69.9 Å². The van der Waals surface area contributed by atoms with Crippen LogP contribution in [0.4, 0.5) is 0 Å². The van der Waals surface area contributed by atoms with Crippen LogP contribution in [0.25, 0.3) is 0 Å². The summed E-state index contributed by atoms with van der Waals surface area (Å²) in [5.74, 6) is 0. The van der Waals surface area contributed by atoms with Gasteiger partial charge in [0.15, 0.2) is 0 Å². The second-order valence-corrected chi connectivity index (χ2v) is 6.00. The Morgan fingerprint density at radius 3 is 2.44 bits per heavy atom. The number of hydrogen-bond donors (Lipinski definition) is 1. The molecule has 3 rings (SSSR count). The third-order valence-electron chi connectivity index (χ3n) is 4.66. The lowest BCUT2D eigenvalue weighted by Gasteiger charge is -2.30. The molecule has 0 spiro atoms. The van der Waals surface area contributed by atoms with Crippen molar-refractivity contribution in [2.75, 3.05) is 0 Å². The summed E-state index contributed by atoms with van der Waals surface area (Å²) >= 11 is 0. The maximum absolute atomic E-state index is 3.95. The first-order valence-corrected chi connectivity index (χ1v) is 7.77. The Bertz CT molecular complexity index is 377. The molecule has 1 aromatic rings. The minimum Gasteiger partial charge on any atom is -0.307 e. The molecule has 2 aliphatic rings. The Hall–Kier alpha value is -0.820. The first kappa shape index (κ1) is 12.2. The van der Waals surface area contributed by atoms with Crippen molar-refractivity contribution < 1.29 is 0 Å². The zero-order valence-electron chi connectivity index (χ0n) is 11.3. The summed E-state index contributed by atoms with van der Waals surface area (Å²) in [6.07, 6.45) is 12.5. The minimum atomic E-state index is 0.623. The van der Waals surface area contributed by atoms with Gasteiger partial charge < -0.3 is 5.32 Å². The number of aryl methyl sites for hydroxylation is 1. The quantitative estimate of drug-likeness (QED) is 0.760. The first-order chi connectivity index (χ1) is 8.93. The smallest absolute Gasteiger partial charge is 0.0325 e. The van der Waals surface area contributed by atoms with Crippen molar-refractivity contribution in [3.63, 3.8) is 0 Å². The average molecular weight is 243 g/mol. The highest BCUT2D eigenvalue weighted by atomic mass is 15.0. The number of rotatable bonds is 2. The molecular formula is C17H25N. The molecule has 1 heteroatoms. The lowest BCUT2D eigenvalue weighted by Crippen LogP contribution is -2.34. The maximum atomic E-state index is 3.95. The average Bonchev–Trinajstić information content (AvgIpc) is 2.68. The van der Waals surface area contributed by atoms with Crippen LogP contribution < -0.4 is 5.32 Å². The summed E-state index contributed by atoms with van der Waals surface area (Å²) in [4.78, 5) is 0. The zero-order chi connectivity index (χ0) is 12.2. The molecule has 0 amide bonds. The Balaban J connectivity index is 1.69. The predicted octanol–water partition coefficient (Wildman–Crippen LogP) is 4.38. The van der Waals surface area contributed by atoms with Crippen LogP contribution in [0.2, 0.25) is 0 Å². The van der Waals surface area contributed by atoms with Crippen LogP contribution >= 0.6 is 0 Å². The Labute approximate surface area is 111 Å². The highest BCUT2D eigenvalue weighted by Gasteiger charge is 2.22. The normalized spacial score (nSPS) is 25.4. The lowest BCUT2D eigenvalue weighted by atomic mass is 9.87. The van der Waals surface area contributed by atoms with E-state index in [1.54, 1.807) is 11.1 Å². The van der Waals surface area contributed by atoms with Crippen LogP contribution in [0.1, 0.15) is 68.5 Å². The Kier molecular flexibility index (Phi) is 3.99. The van der Waals surface area contributed by atoms with Crippen LogP contribution in [0.15, 0.2) is 24.3 Å². The van der Waals surface area contributed by atoms with Crippen molar-refractivity contribution in [1.82, 2.24) is 5.32 Å². The summed E-state index contributed by atoms with van der Waals surface area (Å²) in [5, 5.41) is 3.95. The van der Waals surface area contributed by atoms with Gasteiger partial charge >= 0.3 is 0 Å². The van der Waals surface area contributed by atoms with Gasteiger partial charge in [0.1, 0.15) is 0 Å². The molecule has 2 aliphatic carbocycles. The SMILES string of the molecule is c1ccc2c(c1)CCCC2NC1CCCCCC1. The Morgan fingerprint density at radius 1 is 0.833 bits per heavy atom. The van der Waals surface area contributed by atoms with Gasteiger partial charge in [-0.25, -0.2) is 0 Å². The van der Waals surface area contributed by atoms with Gasteiger partial charge in [0.2, 0.25) is 0 Å². The van der Waals surface area contributed by atoms with E-state index in [4.69, 9.17) is 0 Å². The van der Waals surface area contributed by atoms with Gasteiger partial charge in [0, 0.05) is 12.1 Å². The first-order valence-electron chi connectivity index (χ1n) is 7.77. The van der Waals surface area contributed by atoms with Crippen molar-refractivity contribution in [1.29, 1.82) is 0 Å². The van der Waals surface area contributed by atoms with E-state index >= 15 is 0 Å². The topological polar surface area (TPSA) is 12.0 Å². The van der Waals surface area contributed by atoms with E-state index in [0.717, 1.165) is 6.04 Å². The molecule has 1 saturated carbocycles. The summed E-state index contributed by atoms with van der Waals surface area (Å²) in [7, 11) is 0. The largest absolute Gasteiger partial charge is 0.307 e. The number of nitrogens with one attached hydrogen (secondary N) is 1. The fraction of sp³-hybridized carbons (Fsp3) is 0.647. The number of fused-ring (bicyclic) bond motifs is 1. The van der Waals surface area contributed by atoms with Gasteiger partial charge in [-0.2, -0.15) is 0 Å². The summed E-state index contributed by atoms with van der Waals surface area (Å²) in [6, 6.07) is 10.4. The molecule has 1 aromatic carbocycles. The van der Waals surface area contributed by atoms with Crippen LogP contribution in [0, 0.1) is 0 Å². The van der Waals surface area contributed by atoms with Crippen molar-refractivity contribution in [3.8, 4) is 0 Å². The molecule has 1 atom stereocenters. The van der Waals surface area contributed by atoms with Gasteiger partial charge in [-0.3, -0.25) is 0 Å². The summed E-state index contributed by atoms with van der Waals surface area (Å²) < 4.78 is 0. The van der Waals surface area contributed by atoms with E-state index in [9.17, 15) is 0 Å². The minimum absolute atomic E-state index is 0.623. The monoisotopic (exact) mass is 243 g/mol. The van der Waals surface area contributed by atoms with E-state index in [1.165, 1.54) is 57.8 Å². The van der Waals surface area contributed by atoms with Gasteiger partial charge in [-0.15, -0.1) is 0 Å². The Morgan fingerprint density at radius 2 is 1.61 bits per heavy atom. The molecule has 0 saturated heterocycles. The molecule has 1 fully saturated rings. The molecule has 1 unspecified atom stereocenters. The van der Waals surface area contributed by atoms with Crippen LogP contribution in [-0.4, -0.2) is 6.04 Å². The fourth-order valence-corrected chi connectivity index (χ4v) is 3.66. The summed E-state index contributed by atoms with van der Waals surface area (Å²) in [5.41, 5.74) is 3.16. The van der Waals surface area contributed by atoms with Gasteiger partial charge in [0.05, 0.1) is 0 Å². The van der Waals surface area contributed by atoms with E-state index in [2.05, 4.69) is 29.6 Å². The standard InChI is InChI=1S/C17H25N/c1-2-4-11-15(10-3-1)18-17-13-7-9-14-8-5-6-12-16(14)17/h5-6,8,12,15,17-18H,1-4,7,9-11,13H2. The second-order valence-electron chi connectivity index (χ2n) is 6.00. The molecular weight excluding hydrogens is 218 g/mol. The molecule has 1 N–H and O–H groups in total. The van der Waals surface area contributed by atoms with Gasteiger partial charge in [0.25, 0.3) is 0 Å². The van der Waals surface area contributed by atoms with E-state index < -0.39 is 0 Å². The van der Waals surface area contributed by atoms with Crippen LogP contribution in [0.3, 0.4) is 0 Å². The van der Waals surface area contributed by atoms with Crippen molar-refractivity contribution in [3.05, 3.63) is 35.4 Å². The second kappa shape index (κ2) is 5.88. The molecule has 0 heterocycles. The molecule has 0 aromatic heterocycles. The van der Waals surface area contributed by atoms with E-state index in [-0.39, 0.29) is 0 Å². The van der Waals surface area contributed by atoms with Crippen LogP contribution in [-0.2, 0) is 6.42 Å². The molecule has 0 radical (unpaired) electrons. The maximum Gasteiger partial charge on any atom is 0.0325 e. The van der Waals surface area contributed by atoms with Crippen molar-refractivity contribution in [2.24, 2.45) is 0 Å². The third kappa shape index (κ3) is 2.77. The van der Waals surface area contributed by atoms with Crippen LogP contribution in [0.5, 0.6) is 0 Å². The highest BCUT2D eigenvalue weighted by Crippen LogP contribution is 2.31. The molecule has 1 nitrogen and oxygen atoms in total. The highest BCUT2D eigenvalue weighted by molar-refractivity contribution is 5.32. The van der Waals surface area contributed by atoms with Crippen molar-refractivity contribution >= 4 is 0 Å². The van der Waals surface area contributed by atoms with Gasteiger partial charge in [-0.1, -0.05) is 49.9 Å². The predicted molar refractivity (Wildman–Crippen MR) is 76.7 cm³/mol. The summed E-state index contributed by atoms with van der Waals surface area (Å²) in [6.45, 7) is 0. The molecule has 0 aliphatic heterocycles. The third-order valence-corrected chi connectivity index (χ3v) is 4.66. The fourth-order valence-electron chi connectivity index (χ4n) is 3.66. The van der Waals surface area contributed by atoms with E-state index in [1.807, 2.05) is 0 Å². The molecule has 0 bridgehead atoms. The molecule has 18 heavy (non-hydrogen) atoms. The van der Waals surface area contributed by atoms with Gasteiger partial charge in [-0.05, 0) is 43.2 Å². The number of hydrogen-bond acceptors (Lipinski definition) is 1. The number of benzene rings is 1. The molecule has 98 valence electrons.